The lowest BCUT2D eigenvalue weighted by Crippen LogP contribution is -2.19. The Morgan fingerprint density at radius 1 is 1.29 bits per heavy atom. The van der Waals surface area contributed by atoms with Gasteiger partial charge in [0.1, 0.15) is 0 Å². The van der Waals surface area contributed by atoms with Gasteiger partial charge in [-0.3, -0.25) is 0 Å². The molecule has 0 saturated heterocycles. The summed E-state index contributed by atoms with van der Waals surface area (Å²) in [5, 5.41) is 11.5. The highest BCUT2D eigenvalue weighted by Gasteiger charge is 2.20. The molecule has 1 aliphatic rings. The van der Waals surface area contributed by atoms with Crippen molar-refractivity contribution in [3.63, 3.8) is 0 Å². The first-order valence-corrected chi connectivity index (χ1v) is 6.51. The van der Waals surface area contributed by atoms with Crippen molar-refractivity contribution < 1.29 is 9.15 Å². The number of aromatic nitrogens is 2. The van der Waals surface area contributed by atoms with Gasteiger partial charge in [0.15, 0.2) is 0 Å². The minimum absolute atomic E-state index is 0.728. The van der Waals surface area contributed by atoms with Crippen molar-refractivity contribution in [2.45, 2.75) is 45.1 Å². The van der Waals surface area contributed by atoms with E-state index in [1.54, 1.807) is 0 Å². The minimum Gasteiger partial charge on any atom is -0.425 e. The van der Waals surface area contributed by atoms with Crippen LogP contribution >= 0.6 is 0 Å². The highest BCUT2D eigenvalue weighted by molar-refractivity contribution is 4.86. The van der Waals surface area contributed by atoms with Crippen molar-refractivity contribution in [1.82, 2.24) is 15.5 Å². The molecule has 1 aliphatic carbocycles. The number of ether oxygens (including phenoxy) is 1. The molecule has 17 heavy (non-hydrogen) atoms. The van der Waals surface area contributed by atoms with E-state index in [2.05, 4.69) is 15.5 Å². The van der Waals surface area contributed by atoms with Gasteiger partial charge in [0.2, 0.25) is 11.8 Å². The third-order valence-corrected chi connectivity index (χ3v) is 2.74. The molecular weight excluding hydrogens is 218 g/mol. The van der Waals surface area contributed by atoms with E-state index in [0.29, 0.717) is 0 Å². The summed E-state index contributed by atoms with van der Waals surface area (Å²) in [5.74, 6) is 1.47. The van der Waals surface area contributed by atoms with Crippen LogP contribution in [0.2, 0.25) is 0 Å². The summed E-state index contributed by atoms with van der Waals surface area (Å²) in [6, 6.07) is 0.739. The van der Waals surface area contributed by atoms with Gasteiger partial charge < -0.3 is 14.5 Å². The van der Waals surface area contributed by atoms with Crippen molar-refractivity contribution in [3.05, 3.63) is 11.8 Å². The van der Waals surface area contributed by atoms with Gasteiger partial charge in [-0.2, -0.15) is 0 Å². The molecule has 1 aromatic rings. The van der Waals surface area contributed by atoms with E-state index in [0.717, 1.165) is 56.8 Å². The Kier molecular flexibility index (Phi) is 4.94. The topological polar surface area (TPSA) is 60.2 Å². The van der Waals surface area contributed by atoms with Gasteiger partial charge in [0, 0.05) is 38.6 Å². The summed E-state index contributed by atoms with van der Waals surface area (Å²) in [6.45, 7) is 4.46. The van der Waals surface area contributed by atoms with E-state index >= 15 is 0 Å². The van der Waals surface area contributed by atoms with Crippen molar-refractivity contribution in [2.24, 2.45) is 0 Å². The predicted molar refractivity (Wildman–Crippen MR) is 63.8 cm³/mol. The summed E-state index contributed by atoms with van der Waals surface area (Å²) in [7, 11) is 0. The highest BCUT2D eigenvalue weighted by Crippen LogP contribution is 2.18. The van der Waals surface area contributed by atoms with Crippen LogP contribution in [0.25, 0.3) is 0 Å². The van der Waals surface area contributed by atoms with Crippen LogP contribution in [-0.2, 0) is 17.6 Å². The van der Waals surface area contributed by atoms with Crippen LogP contribution in [0, 0.1) is 0 Å². The van der Waals surface area contributed by atoms with Crippen molar-refractivity contribution in [2.75, 3.05) is 19.8 Å². The van der Waals surface area contributed by atoms with Gasteiger partial charge in [0.05, 0.1) is 0 Å². The fourth-order valence-corrected chi connectivity index (χ4v) is 1.63. The van der Waals surface area contributed by atoms with Gasteiger partial charge in [-0.05, 0) is 26.2 Å². The van der Waals surface area contributed by atoms with Crippen molar-refractivity contribution >= 4 is 0 Å². The number of nitrogens with zero attached hydrogens (tertiary/aromatic N) is 2. The molecule has 2 rings (SSSR count). The molecule has 0 aromatic carbocycles. The minimum atomic E-state index is 0.728. The lowest BCUT2D eigenvalue weighted by Gasteiger charge is -1.98. The molecule has 0 bridgehead atoms. The molecule has 1 fully saturated rings. The molecule has 5 nitrogen and oxygen atoms in total. The van der Waals surface area contributed by atoms with Crippen LogP contribution in [0.5, 0.6) is 0 Å². The molecule has 1 heterocycles. The van der Waals surface area contributed by atoms with Gasteiger partial charge in [-0.25, -0.2) is 0 Å². The zero-order chi connectivity index (χ0) is 11.9. The number of rotatable bonds is 9. The van der Waals surface area contributed by atoms with Gasteiger partial charge in [-0.1, -0.05) is 0 Å². The zero-order valence-corrected chi connectivity index (χ0v) is 10.4. The van der Waals surface area contributed by atoms with Crippen LogP contribution < -0.4 is 5.32 Å². The fraction of sp³-hybridized carbons (Fsp3) is 0.833. The van der Waals surface area contributed by atoms with Crippen molar-refractivity contribution in [1.29, 1.82) is 0 Å². The van der Waals surface area contributed by atoms with E-state index in [-0.39, 0.29) is 0 Å². The molecule has 0 aliphatic heterocycles. The SMILES string of the molecule is CCOCCCc1nnc(CCNC2CC2)o1. The fourth-order valence-electron chi connectivity index (χ4n) is 1.63. The second-order valence-corrected chi connectivity index (χ2v) is 4.37. The third-order valence-electron chi connectivity index (χ3n) is 2.74. The monoisotopic (exact) mass is 239 g/mol. The first-order valence-electron chi connectivity index (χ1n) is 6.51. The van der Waals surface area contributed by atoms with Crippen LogP contribution in [0.1, 0.15) is 38.0 Å². The quantitative estimate of drug-likeness (QED) is 0.659. The van der Waals surface area contributed by atoms with Crippen LogP contribution in [0.3, 0.4) is 0 Å². The summed E-state index contributed by atoms with van der Waals surface area (Å²) in [6.07, 6.45) is 5.20. The van der Waals surface area contributed by atoms with E-state index < -0.39 is 0 Å². The van der Waals surface area contributed by atoms with E-state index in [4.69, 9.17) is 9.15 Å². The Bertz CT molecular complexity index is 323. The number of hydrogen-bond donors (Lipinski definition) is 1. The maximum absolute atomic E-state index is 5.55. The second kappa shape index (κ2) is 6.71. The molecule has 5 heteroatoms. The molecule has 0 radical (unpaired) electrons. The maximum Gasteiger partial charge on any atom is 0.217 e. The number of aryl methyl sites for hydroxylation is 1. The van der Waals surface area contributed by atoms with Crippen molar-refractivity contribution in [3.8, 4) is 0 Å². The molecule has 0 unspecified atom stereocenters. The third kappa shape index (κ3) is 4.83. The highest BCUT2D eigenvalue weighted by atomic mass is 16.5. The molecule has 1 aromatic heterocycles. The Labute approximate surface area is 102 Å². The maximum atomic E-state index is 5.55. The second-order valence-electron chi connectivity index (χ2n) is 4.37. The standard InChI is InChI=1S/C12H21N3O2/c1-2-16-9-3-4-11-14-15-12(17-11)7-8-13-10-5-6-10/h10,13H,2-9H2,1H3. The first-order chi connectivity index (χ1) is 8.38. The number of hydrogen-bond acceptors (Lipinski definition) is 5. The largest absolute Gasteiger partial charge is 0.425 e. The van der Waals surface area contributed by atoms with Crippen LogP contribution in [0.4, 0.5) is 0 Å². The van der Waals surface area contributed by atoms with Crippen LogP contribution in [-0.4, -0.2) is 36.0 Å². The Balaban J connectivity index is 1.60. The number of nitrogens with one attached hydrogen (secondary N) is 1. The van der Waals surface area contributed by atoms with E-state index in [1.165, 1.54) is 12.8 Å². The smallest absolute Gasteiger partial charge is 0.217 e. The Morgan fingerprint density at radius 3 is 2.76 bits per heavy atom. The zero-order valence-electron chi connectivity index (χ0n) is 10.4. The summed E-state index contributed by atoms with van der Waals surface area (Å²) in [4.78, 5) is 0. The van der Waals surface area contributed by atoms with Gasteiger partial charge >= 0.3 is 0 Å². The van der Waals surface area contributed by atoms with Gasteiger partial charge in [0.25, 0.3) is 0 Å². The summed E-state index contributed by atoms with van der Waals surface area (Å²) < 4.78 is 10.8. The molecular formula is C12H21N3O2. The lowest BCUT2D eigenvalue weighted by atomic mass is 10.3. The normalized spacial score (nSPS) is 15.4. The Morgan fingerprint density at radius 2 is 2.06 bits per heavy atom. The molecule has 0 amide bonds. The molecule has 1 N–H and O–H groups in total. The van der Waals surface area contributed by atoms with E-state index in [9.17, 15) is 0 Å². The lowest BCUT2D eigenvalue weighted by molar-refractivity contribution is 0.143. The predicted octanol–water partition coefficient (Wildman–Crippen LogP) is 1.33. The summed E-state index contributed by atoms with van der Waals surface area (Å²) >= 11 is 0. The average molecular weight is 239 g/mol. The Hall–Kier alpha value is -0.940. The van der Waals surface area contributed by atoms with E-state index in [1.807, 2.05) is 6.92 Å². The molecule has 0 atom stereocenters. The average Bonchev–Trinajstić information content (AvgIpc) is 3.04. The van der Waals surface area contributed by atoms with Gasteiger partial charge in [-0.15, -0.1) is 10.2 Å². The molecule has 0 spiro atoms. The summed E-state index contributed by atoms with van der Waals surface area (Å²) in [5.41, 5.74) is 0. The molecule has 1 saturated carbocycles. The molecule has 96 valence electrons. The van der Waals surface area contributed by atoms with Crippen LogP contribution in [0.15, 0.2) is 4.42 Å². The first kappa shape index (κ1) is 12.5.